The van der Waals surface area contributed by atoms with Crippen LogP contribution in [0.5, 0.6) is 0 Å². The van der Waals surface area contributed by atoms with Crippen LogP contribution in [0.25, 0.3) is 0 Å². The molecule has 21 heavy (non-hydrogen) atoms. The number of carbonyl (C=O) groups excluding carboxylic acids is 1. The van der Waals surface area contributed by atoms with Crippen molar-refractivity contribution in [1.82, 2.24) is 4.90 Å². The van der Waals surface area contributed by atoms with Crippen LogP contribution in [0.3, 0.4) is 0 Å². The van der Waals surface area contributed by atoms with E-state index < -0.39 is 0 Å². The predicted molar refractivity (Wildman–Crippen MR) is 87.2 cm³/mol. The van der Waals surface area contributed by atoms with Gasteiger partial charge in [-0.3, -0.25) is 4.79 Å². The number of aliphatic hydroxyl groups excluding tert-OH is 1. The van der Waals surface area contributed by atoms with Gasteiger partial charge in [0.15, 0.2) is 0 Å². The summed E-state index contributed by atoms with van der Waals surface area (Å²) in [5.41, 5.74) is 8.17. The van der Waals surface area contributed by atoms with Gasteiger partial charge in [-0.2, -0.15) is 0 Å². The van der Waals surface area contributed by atoms with Crippen molar-refractivity contribution in [3.8, 4) is 0 Å². The fourth-order valence-corrected chi connectivity index (χ4v) is 2.07. The number of nitrogens with two attached hydrogens (primary N) is 1. The van der Waals surface area contributed by atoms with Crippen LogP contribution in [0.2, 0.25) is 0 Å². The van der Waals surface area contributed by atoms with E-state index in [0.29, 0.717) is 12.1 Å². The maximum Gasteiger partial charge on any atom is 0.224 e. The number of benzene rings is 1. The zero-order chi connectivity index (χ0) is 15.8. The quantitative estimate of drug-likeness (QED) is 0.641. The summed E-state index contributed by atoms with van der Waals surface area (Å²) in [6.07, 6.45) is 1.77. The Balaban J connectivity index is 2.28. The molecule has 118 valence electrons. The molecular weight excluding hydrogens is 266 g/mol. The summed E-state index contributed by atoms with van der Waals surface area (Å²) in [6, 6.07) is 5.46. The minimum atomic E-state index is -0.274. The molecule has 1 rings (SSSR count). The third-order valence-corrected chi connectivity index (χ3v) is 3.40. The standard InChI is InChI=1S/C16H27N3O2/c1-12-11-14(17)6-7-15(12)18-16(21)5-4-9-19(3)10-8-13(2)20/h6-7,11,13,20H,4-5,8-10,17H2,1-3H3,(H,18,21). The van der Waals surface area contributed by atoms with Crippen LogP contribution in [0.4, 0.5) is 11.4 Å². The number of carbonyl (C=O) groups is 1. The second kappa shape index (κ2) is 8.64. The molecule has 1 atom stereocenters. The first-order chi connectivity index (χ1) is 9.88. The second-order valence-corrected chi connectivity index (χ2v) is 5.67. The van der Waals surface area contributed by atoms with Gasteiger partial charge in [-0.1, -0.05) is 0 Å². The Bertz CT molecular complexity index is 461. The fourth-order valence-electron chi connectivity index (χ4n) is 2.07. The number of nitrogen functional groups attached to an aromatic ring is 1. The molecule has 0 bridgehead atoms. The first-order valence-corrected chi connectivity index (χ1v) is 7.41. The normalized spacial score (nSPS) is 12.4. The van der Waals surface area contributed by atoms with E-state index in [-0.39, 0.29) is 12.0 Å². The third-order valence-electron chi connectivity index (χ3n) is 3.40. The summed E-state index contributed by atoms with van der Waals surface area (Å²) in [6.45, 7) is 5.41. The van der Waals surface area contributed by atoms with E-state index in [9.17, 15) is 9.90 Å². The molecule has 1 amide bonds. The molecule has 0 spiro atoms. The molecule has 0 aliphatic carbocycles. The molecule has 0 saturated carbocycles. The van der Waals surface area contributed by atoms with Gasteiger partial charge in [-0.05, 0) is 64.0 Å². The Labute approximate surface area is 127 Å². The lowest BCUT2D eigenvalue weighted by Gasteiger charge is -2.17. The number of hydrogen-bond donors (Lipinski definition) is 3. The van der Waals surface area contributed by atoms with Crippen molar-refractivity contribution in [3.05, 3.63) is 23.8 Å². The second-order valence-electron chi connectivity index (χ2n) is 5.67. The fraction of sp³-hybridized carbons (Fsp3) is 0.562. The molecule has 0 radical (unpaired) electrons. The van der Waals surface area contributed by atoms with Crippen LogP contribution in [0.15, 0.2) is 18.2 Å². The monoisotopic (exact) mass is 293 g/mol. The van der Waals surface area contributed by atoms with Crippen LogP contribution in [-0.2, 0) is 4.79 Å². The molecule has 1 aromatic rings. The van der Waals surface area contributed by atoms with Crippen molar-refractivity contribution >= 4 is 17.3 Å². The Hall–Kier alpha value is -1.59. The summed E-state index contributed by atoms with van der Waals surface area (Å²) in [5, 5.41) is 12.1. The number of rotatable bonds is 8. The minimum absolute atomic E-state index is 0.0202. The Kier molecular flexibility index (Phi) is 7.19. The number of hydrogen-bond acceptors (Lipinski definition) is 4. The zero-order valence-electron chi connectivity index (χ0n) is 13.2. The molecule has 1 aromatic carbocycles. The lowest BCUT2D eigenvalue weighted by atomic mass is 10.1. The van der Waals surface area contributed by atoms with E-state index in [1.54, 1.807) is 13.0 Å². The first kappa shape index (κ1) is 17.5. The molecule has 1 unspecified atom stereocenters. The van der Waals surface area contributed by atoms with E-state index in [2.05, 4.69) is 10.2 Å². The lowest BCUT2D eigenvalue weighted by molar-refractivity contribution is -0.116. The summed E-state index contributed by atoms with van der Waals surface area (Å²) < 4.78 is 0. The molecule has 5 nitrogen and oxygen atoms in total. The number of amides is 1. The van der Waals surface area contributed by atoms with E-state index in [1.807, 2.05) is 26.1 Å². The van der Waals surface area contributed by atoms with Crippen molar-refractivity contribution in [2.45, 2.75) is 39.2 Å². The minimum Gasteiger partial charge on any atom is -0.399 e. The SMILES string of the molecule is Cc1cc(N)ccc1NC(=O)CCCN(C)CCC(C)O. The number of nitrogens with one attached hydrogen (secondary N) is 1. The van der Waals surface area contributed by atoms with Crippen molar-refractivity contribution in [2.75, 3.05) is 31.2 Å². The van der Waals surface area contributed by atoms with Crippen molar-refractivity contribution in [2.24, 2.45) is 0 Å². The first-order valence-electron chi connectivity index (χ1n) is 7.41. The van der Waals surface area contributed by atoms with Gasteiger partial charge < -0.3 is 21.1 Å². The maximum absolute atomic E-state index is 11.9. The van der Waals surface area contributed by atoms with E-state index >= 15 is 0 Å². The van der Waals surface area contributed by atoms with Gasteiger partial charge in [0.1, 0.15) is 0 Å². The van der Waals surface area contributed by atoms with E-state index in [4.69, 9.17) is 5.73 Å². The van der Waals surface area contributed by atoms with Crippen molar-refractivity contribution in [3.63, 3.8) is 0 Å². The number of nitrogens with zero attached hydrogens (tertiary/aromatic N) is 1. The van der Waals surface area contributed by atoms with E-state index in [1.165, 1.54) is 0 Å². The molecule has 0 aliphatic heterocycles. The van der Waals surface area contributed by atoms with Crippen LogP contribution >= 0.6 is 0 Å². The Morgan fingerprint density at radius 3 is 2.76 bits per heavy atom. The van der Waals surface area contributed by atoms with Gasteiger partial charge in [0, 0.05) is 24.3 Å². The third kappa shape index (κ3) is 7.11. The summed E-state index contributed by atoms with van der Waals surface area (Å²) in [7, 11) is 2.00. The smallest absolute Gasteiger partial charge is 0.224 e. The summed E-state index contributed by atoms with van der Waals surface area (Å²) in [4.78, 5) is 14.0. The molecule has 0 aromatic heterocycles. The highest BCUT2D eigenvalue weighted by Gasteiger charge is 2.06. The predicted octanol–water partition coefficient (Wildman–Crippen LogP) is 2.00. The number of aryl methyl sites for hydroxylation is 1. The van der Waals surface area contributed by atoms with Crippen molar-refractivity contribution in [1.29, 1.82) is 0 Å². The summed E-state index contributed by atoms with van der Waals surface area (Å²) >= 11 is 0. The highest BCUT2D eigenvalue weighted by atomic mass is 16.3. The maximum atomic E-state index is 11.9. The average molecular weight is 293 g/mol. The van der Waals surface area contributed by atoms with Crippen LogP contribution < -0.4 is 11.1 Å². The van der Waals surface area contributed by atoms with Crippen LogP contribution in [-0.4, -0.2) is 42.2 Å². The average Bonchev–Trinajstić information content (AvgIpc) is 2.39. The largest absolute Gasteiger partial charge is 0.399 e. The molecule has 0 aliphatic rings. The van der Waals surface area contributed by atoms with E-state index in [0.717, 1.165) is 37.2 Å². The molecular formula is C16H27N3O2. The summed E-state index contributed by atoms with van der Waals surface area (Å²) in [5.74, 6) is 0.0202. The molecule has 5 heteroatoms. The van der Waals surface area contributed by atoms with Gasteiger partial charge >= 0.3 is 0 Å². The van der Waals surface area contributed by atoms with Gasteiger partial charge in [-0.25, -0.2) is 0 Å². The molecule has 4 N–H and O–H groups in total. The highest BCUT2D eigenvalue weighted by molar-refractivity contribution is 5.91. The van der Waals surface area contributed by atoms with Crippen LogP contribution in [0.1, 0.15) is 31.7 Å². The number of aliphatic hydroxyl groups is 1. The van der Waals surface area contributed by atoms with Gasteiger partial charge in [-0.15, -0.1) is 0 Å². The number of anilines is 2. The molecule has 0 heterocycles. The van der Waals surface area contributed by atoms with Crippen molar-refractivity contribution < 1.29 is 9.90 Å². The Morgan fingerprint density at radius 1 is 1.43 bits per heavy atom. The van der Waals surface area contributed by atoms with Crippen LogP contribution in [0, 0.1) is 6.92 Å². The van der Waals surface area contributed by atoms with Gasteiger partial charge in [0.05, 0.1) is 6.10 Å². The Morgan fingerprint density at radius 2 is 2.14 bits per heavy atom. The molecule has 0 saturated heterocycles. The topological polar surface area (TPSA) is 78.6 Å². The van der Waals surface area contributed by atoms with Gasteiger partial charge in [0.25, 0.3) is 0 Å². The zero-order valence-corrected chi connectivity index (χ0v) is 13.2. The molecule has 0 fully saturated rings. The van der Waals surface area contributed by atoms with Gasteiger partial charge in [0.2, 0.25) is 5.91 Å². The highest BCUT2D eigenvalue weighted by Crippen LogP contribution is 2.17. The lowest BCUT2D eigenvalue weighted by Crippen LogP contribution is -2.24.